The molecule has 1 aromatic carbocycles. The molecule has 1 unspecified atom stereocenters. The van der Waals surface area contributed by atoms with E-state index in [-0.39, 0.29) is 0 Å². The molecule has 0 bridgehead atoms. The summed E-state index contributed by atoms with van der Waals surface area (Å²) in [6, 6.07) is -2.03. The summed E-state index contributed by atoms with van der Waals surface area (Å²) in [4.78, 5) is 41.9. The van der Waals surface area contributed by atoms with Crippen LogP contribution in [0.2, 0.25) is 0 Å². The summed E-state index contributed by atoms with van der Waals surface area (Å²) >= 11 is 0. The Hall–Kier alpha value is -3.18. The molecule has 0 radical (unpaired) electrons. The summed E-state index contributed by atoms with van der Waals surface area (Å²) in [5.41, 5.74) is -2.95. The monoisotopic (exact) mass is 302 g/mol. The van der Waals surface area contributed by atoms with Gasteiger partial charge in [0, 0.05) is 11.0 Å². The summed E-state index contributed by atoms with van der Waals surface area (Å²) in [6.45, 7) is 0. The number of carbonyl (C=O) groups is 2. The molecular weight excluding hydrogens is 298 g/mol. The molecule has 0 saturated carbocycles. The van der Waals surface area contributed by atoms with Crippen molar-refractivity contribution < 1.29 is 28.2 Å². The van der Waals surface area contributed by atoms with Crippen LogP contribution in [-0.4, -0.2) is 27.7 Å². The second-order valence-corrected chi connectivity index (χ2v) is 3.87. The summed E-state index contributed by atoms with van der Waals surface area (Å²) < 4.78 is 26.7. The third kappa shape index (κ3) is 2.22. The predicted molar refractivity (Wildman–Crippen MR) is 61.1 cm³/mol. The van der Waals surface area contributed by atoms with Crippen LogP contribution in [0.1, 0.15) is 0 Å². The Labute approximate surface area is 113 Å². The summed E-state index contributed by atoms with van der Waals surface area (Å²) in [6.07, 6.45) is 0. The second kappa shape index (κ2) is 4.73. The number of halogens is 2. The van der Waals surface area contributed by atoms with Crippen molar-refractivity contribution in [3.05, 3.63) is 37.9 Å². The van der Waals surface area contributed by atoms with Crippen molar-refractivity contribution in [1.82, 2.24) is 0 Å². The average Bonchev–Trinajstić information content (AvgIpc) is 2.45. The Kier molecular flexibility index (Phi) is 3.21. The molecule has 12 heteroatoms. The number of nitrogens with zero attached hydrogens (tertiary/aromatic N) is 2. The van der Waals surface area contributed by atoms with E-state index < -0.39 is 56.4 Å². The Bertz CT molecular complexity index is 706. The first-order chi connectivity index (χ1) is 9.73. The first kappa shape index (κ1) is 14.2. The van der Waals surface area contributed by atoms with Crippen molar-refractivity contribution in [2.24, 2.45) is 0 Å². The van der Waals surface area contributed by atoms with Crippen molar-refractivity contribution in [3.63, 3.8) is 0 Å². The minimum atomic E-state index is -2.40. The van der Waals surface area contributed by atoms with Crippen LogP contribution in [0, 0.1) is 31.9 Å². The SMILES string of the molecule is O=C1Nc2cc(F)c(F)c([N+](=O)[O-])c2NC(=O)C1[N+](=O)[O-]. The number of benzene rings is 1. The lowest BCUT2D eigenvalue weighted by Gasteiger charge is -2.08. The Balaban J connectivity index is 2.68. The molecule has 0 saturated heterocycles. The number of hydrogen-bond donors (Lipinski definition) is 2. The van der Waals surface area contributed by atoms with Gasteiger partial charge >= 0.3 is 23.5 Å². The maximum absolute atomic E-state index is 13.4. The van der Waals surface area contributed by atoms with Crippen LogP contribution in [0.25, 0.3) is 0 Å². The molecule has 1 aliphatic heterocycles. The highest BCUT2D eigenvalue weighted by Gasteiger charge is 2.43. The maximum Gasteiger partial charge on any atom is 0.366 e. The Morgan fingerprint density at radius 3 is 2.19 bits per heavy atom. The van der Waals surface area contributed by atoms with Crippen LogP contribution < -0.4 is 10.6 Å². The lowest BCUT2D eigenvalue weighted by molar-refractivity contribution is -0.492. The summed E-state index contributed by atoms with van der Waals surface area (Å²) in [7, 11) is 0. The minimum Gasteiger partial charge on any atom is -0.317 e. The number of rotatable bonds is 2. The molecule has 10 nitrogen and oxygen atoms in total. The van der Waals surface area contributed by atoms with Gasteiger partial charge in [-0.1, -0.05) is 0 Å². The van der Waals surface area contributed by atoms with E-state index in [9.17, 15) is 38.6 Å². The van der Waals surface area contributed by atoms with Crippen molar-refractivity contribution in [3.8, 4) is 0 Å². The number of anilines is 2. The predicted octanol–water partition coefficient (Wildman–Crippen LogP) is 0.409. The molecule has 110 valence electrons. The van der Waals surface area contributed by atoms with Crippen LogP contribution >= 0.6 is 0 Å². The molecule has 0 spiro atoms. The minimum absolute atomic E-state index is 0.373. The van der Waals surface area contributed by atoms with Gasteiger partial charge in [0.15, 0.2) is 5.82 Å². The summed E-state index contributed by atoms with van der Waals surface area (Å²) in [5.74, 6) is -6.47. The molecular formula is C9H4F2N4O6. The standard InChI is InChI=1S/C9H4F2N4O6/c10-2-1-3-5(6(4(2)11)14(18)19)13-9(17)7(15(20)21)8(16)12-3/h1,7H,(H,12,16)(H,13,17). The van der Waals surface area contributed by atoms with Gasteiger partial charge in [-0.3, -0.25) is 29.8 Å². The van der Waals surface area contributed by atoms with Crippen LogP contribution in [0.4, 0.5) is 25.8 Å². The van der Waals surface area contributed by atoms with Gasteiger partial charge in [-0.05, 0) is 0 Å². The fourth-order valence-corrected chi connectivity index (χ4v) is 1.71. The maximum atomic E-state index is 13.4. The van der Waals surface area contributed by atoms with Crippen LogP contribution in [0.5, 0.6) is 0 Å². The van der Waals surface area contributed by atoms with Crippen molar-refractivity contribution in [2.45, 2.75) is 6.04 Å². The average molecular weight is 302 g/mol. The van der Waals surface area contributed by atoms with Gasteiger partial charge in [0.25, 0.3) is 0 Å². The van der Waals surface area contributed by atoms with Gasteiger partial charge in [0.2, 0.25) is 5.82 Å². The Morgan fingerprint density at radius 1 is 1.10 bits per heavy atom. The number of nitro benzene ring substituents is 1. The normalized spacial score (nSPS) is 17.3. The van der Waals surface area contributed by atoms with E-state index in [1.165, 1.54) is 0 Å². The smallest absolute Gasteiger partial charge is 0.317 e. The largest absolute Gasteiger partial charge is 0.366 e. The number of carbonyl (C=O) groups excluding carboxylic acids is 2. The van der Waals surface area contributed by atoms with E-state index in [4.69, 9.17) is 0 Å². The fraction of sp³-hybridized carbons (Fsp3) is 0.111. The zero-order valence-corrected chi connectivity index (χ0v) is 9.75. The number of nitro groups is 2. The molecule has 2 rings (SSSR count). The molecule has 1 heterocycles. The molecule has 2 amide bonds. The molecule has 0 aliphatic carbocycles. The first-order valence-electron chi connectivity index (χ1n) is 5.15. The molecule has 0 aromatic heterocycles. The van der Waals surface area contributed by atoms with Crippen LogP contribution in [0.15, 0.2) is 6.07 Å². The van der Waals surface area contributed by atoms with E-state index in [0.717, 1.165) is 0 Å². The van der Waals surface area contributed by atoms with Gasteiger partial charge in [-0.2, -0.15) is 4.39 Å². The zero-order chi connectivity index (χ0) is 15.9. The van der Waals surface area contributed by atoms with Crippen LogP contribution in [-0.2, 0) is 9.59 Å². The quantitative estimate of drug-likeness (QED) is 0.459. The van der Waals surface area contributed by atoms with E-state index in [1.54, 1.807) is 10.6 Å². The molecule has 1 atom stereocenters. The van der Waals surface area contributed by atoms with Crippen molar-refractivity contribution in [1.29, 1.82) is 0 Å². The molecule has 0 fully saturated rings. The highest BCUT2D eigenvalue weighted by atomic mass is 19.2. The lowest BCUT2D eigenvalue weighted by atomic mass is 10.2. The second-order valence-electron chi connectivity index (χ2n) is 3.87. The summed E-state index contributed by atoms with van der Waals surface area (Å²) in [5, 5.41) is 24.9. The van der Waals surface area contributed by atoms with Gasteiger partial charge in [-0.25, -0.2) is 4.39 Å². The number of hydrogen-bond acceptors (Lipinski definition) is 6. The molecule has 1 aromatic rings. The van der Waals surface area contributed by atoms with E-state index in [0.29, 0.717) is 6.07 Å². The Morgan fingerprint density at radius 2 is 1.67 bits per heavy atom. The first-order valence-corrected chi connectivity index (χ1v) is 5.15. The highest BCUT2D eigenvalue weighted by Crippen LogP contribution is 2.38. The number of nitrogens with one attached hydrogen (secondary N) is 2. The third-order valence-corrected chi connectivity index (χ3v) is 2.59. The van der Waals surface area contributed by atoms with E-state index in [2.05, 4.69) is 0 Å². The van der Waals surface area contributed by atoms with Crippen molar-refractivity contribution in [2.75, 3.05) is 10.6 Å². The van der Waals surface area contributed by atoms with Gasteiger partial charge in [0.05, 0.1) is 10.6 Å². The van der Waals surface area contributed by atoms with Gasteiger partial charge < -0.3 is 10.6 Å². The fourth-order valence-electron chi connectivity index (χ4n) is 1.71. The van der Waals surface area contributed by atoms with Gasteiger partial charge in [0.1, 0.15) is 5.69 Å². The third-order valence-electron chi connectivity index (χ3n) is 2.59. The van der Waals surface area contributed by atoms with E-state index in [1.807, 2.05) is 0 Å². The highest BCUT2D eigenvalue weighted by molar-refractivity contribution is 6.18. The number of fused-ring (bicyclic) bond motifs is 1. The topological polar surface area (TPSA) is 144 Å². The van der Waals surface area contributed by atoms with Crippen LogP contribution in [0.3, 0.4) is 0 Å². The molecule has 2 N–H and O–H groups in total. The zero-order valence-electron chi connectivity index (χ0n) is 9.75. The lowest BCUT2D eigenvalue weighted by Crippen LogP contribution is -2.42. The number of amides is 2. The molecule has 21 heavy (non-hydrogen) atoms. The van der Waals surface area contributed by atoms with E-state index >= 15 is 0 Å². The van der Waals surface area contributed by atoms with Gasteiger partial charge in [-0.15, -0.1) is 0 Å². The van der Waals surface area contributed by atoms with Crippen molar-refractivity contribution >= 4 is 28.9 Å². The molecule has 1 aliphatic rings.